The van der Waals surface area contributed by atoms with E-state index in [0.29, 0.717) is 24.4 Å². The summed E-state index contributed by atoms with van der Waals surface area (Å²) in [4.78, 5) is 11.9. The zero-order valence-corrected chi connectivity index (χ0v) is 11.8. The Balaban J connectivity index is 2.58. The van der Waals surface area contributed by atoms with E-state index < -0.39 is 10.8 Å². The lowest BCUT2D eigenvalue weighted by atomic mass is 10.2. The number of anilines is 1. The van der Waals surface area contributed by atoms with Crippen molar-refractivity contribution in [3.8, 4) is 0 Å². The number of rotatable bonds is 6. The van der Waals surface area contributed by atoms with E-state index in [-0.39, 0.29) is 17.6 Å². The van der Waals surface area contributed by atoms with Crippen LogP contribution >= 0.6 is 0 Å². The third-order valence-electron chi connectivity index (χ3n) is 2.54. The van der Waals surface area contributed by atoms with E-state index in [1.165, 1.54) is 0 Å². The molecule has 0 spiro atoms. The van der Waals surface area contributed by atoms with E-state index in [4.69, 9.17) is 5.73 Å². The fraction of sp³-hybridized carbons (Fsp3) is 0.636. The molecule has 0 saturated carbocycles. The van der Waals surface area contributed by atoms with Crippen LogP contribution in [0.2, 0.25) is 0 Å². The molecule has 1 heterocycles. The third-order valence-corrected chi connectivity index (χ3v) is 3.36. The quantitative estimate of drug-likeness (QED) is 0.783. The van der Waals surface area contributed by atoms with E-state index in [1.54, 1.807) is 17.1 Å². The van der Waals surface area contributed by atoms with Crippen molar-refractivity contribution in [1.29, 1.82) is 0 Å². The number of nitrogens with two attached hydrogens (primary N) is 1. The molecule has 3 N–H and O–H groups in total. The van der Waals surface area contributed by atoms with Crippen LogP contribution in [0.1, 0.15) is 30.8 Å². The molecule has 0 aliphatic rings. The Morgan fingerprint density at radius 3 is 2.83 bits per heavy atom. The van der Waals surface area contributed by atoms with Crippen LogP contribution in [-0.4, -0.2) is 37.9 Å². The second kappa shape index (κ2) is 6.53. The topological polar surface area (TPSA) is 90.0 Å². The zero-order chi connectivity index (χ0) is 13.7. The number of carbonyl (C=O) groups excluding carboxylic acids is 1. The number of aromatic nitrogens is 2. The van der Waals surface area contributed by atoms with Gasteiger partial charge in [0.25, 0.3) is 5.91 Å². The van der Waals surface area contributed by atoms with Crippen molar-refractivity contribution >= 4 is 22.4 Å². The van der Waals surface area contributed by atoms with Crippen LogP contribution < -0.4 is 11.1 Å². The van der Waals surface area contributed by atoms with E-state index >= 15 is 0 Å². The molecule has 0 fully saturated rings. The van der Waals surface area contributed by atoms with Gasteiger partial charge in [-0.05, 0) is 20.3 Å². The van der Waals surface area contributed by atoms with Crippen molar-refractivity contribution in [1.82, 2.24) is 15.1 Å². The van der Waals surface area contributed by atoms with Gasteiger partial charge in [0.1, 0.15) is 0 Å². The van der Waals surface area contributed by atoms with Crippen LogP contribution in [0.15, 0.2) is 6.20 Å². The number of carbonyl (C=O) groups is 1. The third kappa shape index (κ3) is 4.14. The fourth-order valence-electron chi connectivity index (χ4n) is 1.48. The number of amides is 1. The Bertz CT molecular complexity index is 444. The van der Waals surface area contributed by atoms with Crippen LogP contribution in [0.4, 0.5) is 5.69 Å². The Morgan fingerprint density at radius 2 is 2.33 bits per heavy atom. The second-order valence-electron chi connectivity index (χ2n) is 4.23. The second-order valence-corrected chi connectivity index (χ2v) is 5.78. The van der Waals surface area contributed by atoms with Crippen LogP contribution in [0.3, 0.4) is 0 Å². The molecule has 102 valence electrons. The molecule has 18 heavy (non-hydrogen) atoms. The highest BCUT2D eigenvalue weighted by atomic mass is 32.2. The van der Waals surface area contributed by atoms with Crippen molar-refractivity contribution in [2.45, 2.75) is 32.9 Å². The molecule has 0 aliphatic carbocycles. The average molecular weight is 272 g/mol. The zero-order valence-electron chi connectivity index (χ0n) is 11.0. The predicted octanol–water partition coefficient (Wildman–Crippen LogP) is 0.372. The van der Waals surface area contributed by atoms with Crippen LogP contribution in [0.25, 0.3) is 0 Å². The molecule has 7 heteroatoms. The first-order chi connectivity index (χ1) is 8.43. The number of hydrogen-bond donors (Lipinski definition) is 2. The molecular weight excluding hydrogens is 252 g/mol. The lowest BCUT2D eigenvalue weighted by Crippen LogP contribution is -2.34. The molecule has 0 bridgehead atoms. The standard InChI is InChI=1S/C11H20N4O2S/c1-4-15-7-9(12)10(14-15)11(16)13-8(2)5-6-18(3)17/h7-8H,4-6,12H2,1-3H3,(H,13,16). The van der Waals surface area contributed by atoms with Crippen LogP contribution in [0.5, 0.6) is 0 Å². The van der Waals surface area contributed by atoms with Gasteiger partial charge in [-0.1, -0.05) is 0 Å². The molecule has 0 radical (unpaired) electrons. The Kier molecular flexibility index (Phi) is 5.33. The minimum absolute atomic E-state index is 0.0485. The molecule has 1 amide bonds. The van der Waals surface area contributed by atoms with Gasteiger partial charge in [-0.15, -0.1) is 0 Å². The van der Waals surface area contributed by atoms with E-state index in [1.807, 2.05) is 13.8 Å². The smallest absolute Gasteiger partial charge is 0.274 e. The van der Waals surface area contributed by atoms with E-state index in [2.05, 4.69) is 10.4 Å². The number of nitrogens with zero attached hydrogens (tertiary/aromatic N) is 2. The maximum Gasteiger partial charge on any atom is 0.274 e. The van der Waals surface area contributed by atoms with Crippen molar-refractivity contribution in [2.75, 3.05) is 17.7 Å². The summed E-state index contributed by atoms with van der Waals surface area (Å²) in [7, 11) is -0.843. The predicted molar refractivity (Wildman–Crippen MR) is 72.8 cm³/mol. The molecule has 0 aromatic carbocycles. The Hall–Kier alpha value is -1.37. The lowest BCUT2D eigenvalue weighted by Gasteiger charge is -2.12. The number of aryl methyl sites for hydroxylation is 1. The molecular formula is C11H20N4O2S. The van der Waals surface area contributed by atoms with Gasteiger partial charge in [0.2, 0.25) is 0 Å². The molecule has 1 aromatic rings. The van der Waals surface area contributed by atoms with Gasteiger partial charge in [-0.25, -0.2) is 0 Å². The summed E-state index contributed by atoms with van der Waals surface area (Å²) in [6.45, 7) is 4.47. The highest BCUT2D eigenvalue weighted by molar-refractivity contribution is 7.84. The minimum Gasteiger partial charge on any atom is -0.396 e. The highest BCUT2D eigenvalue weighted by Gasteiger charge is 2.16. The summed E-state index contributed by atoms with van der Waals surface area (Å²) in [5, 5.41) is 6.90. The maximum atomic E-state index is 11.9. The fourth-order valence-corrected chi connectivity index (χ4v) is 2.17. The normalized spacial score (nSPS) is 14.2. The first-order valence-corrected chi connectivity index (χ1v) is 7.60. The van der Waals surface area contributed by atoms with Gasteiger partial charge in [-0.2, -0.15) is 5.10 Å². The Morgan fingerprint density at radius 1 is 1.67 bits per heavy atom. The van der Waals surface area contributed by atoms with Gasteiger partial charge in [0.15, 0.2) is 5.69 Å². The molecule has 0 aliphatic heterocycles. The average Bonchev–Trinajstić information content (AvgIpc) is 2.68. The SMILES string of the molecule is CCn1cc(N)c(C(=O)NC(C)CCS(C)=O)n1. The summed E-state index contributed by atoms with van der Waals surface area (Å²) in [6, 6.07) is -0.0485. The van der Waals surface area contributed by atoms with Gasteiger partial charge >= 0.3 is 0 Å². The van der Waals surface area contributed by atoms with E-state index in [0.717, 1.165) is 0 Å². The number of hydrogen-bond acceptors (Lipinski definition) is 4. The molecule has 6 nitrogen and oxygen atoms in total. The van der Waals surface area contributed by atoms with Crippen molar-refractivity contribution in [3.05, 3.63) is 11.9 Å². The molecule has 2 unspecified atom stereocenters. The van der Waals surface area contributed by atoms with Gasteiger partial charge < -0.3 is 11.1 Å². The van der Waals surface area contributed by atoms with Crippen LogP contribution in [0, 0.1) is 0 Å². The van der Waals surface area contributed by atoms with E-state index in [9.17, 15) is 9.00 Å². The summed E-state index contributed by atoms with van der Waals surface area (Å²) < 4.78 is 12.6. The van der Waals surface area contributed by atoms with Crippen molar-refractivity contribution in [3.63, 3.8) is 0 Å². The number of nitrogens with one attached hydrogen (secondary N) is 1. The van der Waals surface area contributed by atoms with Crippen molar-refractivity contribution < 1.29 is 9.00 Å². The van der Waals surface area contributed by atoms with Gasteiger partial charge in [0.05, 0.1) is 5.69 Å². The molecule has 2 atom stereocenters. The first kappa shape index (κ1) is 14.7. The van der Waals surface area contributed by atoms with Gasteiger partial charge in [0, 0.05) is 41.6 Å². The molecule has 0 saturated heterocycles. The Labute approximate surface area is 109 Å². The number of nitrogen functional groups attached to an aromatic ring is 1. The largest absolute Gasteiger partial charge is 0.396 e. The van der Waals surface area contributed by atoms with Gasteiger partial charge in [-0.3, -0.25) is 13.7 Å². The first-order valence-electron chi connectivity index (χ1n) is 5.87. The monoisotopic (exact) mass is 272 g/mol. The minimum atomic E-state index is -0.843. The molecule has 1 aromatic heterocycles. The lowest BCUT2D eigenvalue weighted by molar-refractivity contribution is 0.0934. The molecule has 1 rings (SSSR count). The summed E-state index contributed by atoms with van der Waals surface area (Å²) >= 11 is 0. The van der Waals surface area contributed by atoms with Crippen LogP contribution in [-0.2, 0) is 17.3 Å². The summed E-state index contributed by atoms with van der Waals surface area (Å²) in [6.07, 6.45) is 3.96. The van der Waals surface area contributed by atoms with Crippen molar-refractivity contribution in [2.24, 2.45) is 0 Å². The summed E-state index contributed by atoms with van der Waals surface area (Å²) in [5.74, 6) is 0.287. The summed E-state index contributed by atoms with van der Waals surface area (Å²) in [5.41, 5.74) is 6.35. The highest BCUT2D eigenvalue weighted by Crippen LogP contribution is 2.09. The maximum absolute atomic E-state index is 11.9.